The van der Waals surface area contributed by atoms with Crippen molar-refractivity contribution in [2.75, 3.05) is 26.0 Å². The minimum Gasteiger partial charge on any atom is -0.369 e. The maximum Gasteiger partial charge on any atom is 0.211 e. The first-order valence-electron chi connectivity index (χ1n) is 5.91. The summed E-state index contributed by atoms with van der Waals surface area (Å²) in [6, 6.07) is 3.71. The largest absolute Gasteiger partial charge is 0.369 e. The third kappa shape index (κ3) is 2.34. The van der Waals surface area contributed by atoms with E-state index in [1.54, 1.807) is 6.20 Å². The molecule has 0 aromatic carbocycles. The normalized spacial score (nSPS) is 21.8. The van der Waals surface area contributed by atoms with Gasteiger partial charge in [-0.1, -0.05) is 0 Å². The molecule has 3 rings (SSSR count). The van der Waals surface area contributed by atoms with Crippen LogP contribution in [-0.2, 0) is 14.8 Å². The highest BCUT2D eigenvalue weighted by atomic mass is 32.2. The van der Waals surface area contributed by atoms with Crippen LogP contribution < -0.4 is 0 Å². The van der Waals surface area contributed by atoms with E-state index in [2.05, 4.69) is 15.2 Å². The van der Waals surface area contributed by atoms with Gasteiger partial charge in [0, 0.05) is 24.7 Å². The van der Waals surface area contributed by atoms with Crippen LogP contribution in [-0.4, -0.2) is 53.9 Å². The number of hydrogen-bond acceptors (Lipinski definition) is 5. The Bertz CT molecular complexity index is 697. The van der Waals surface area contributed by atoms with Gasteiger partial charge in [-0.15, -0.1) is 0 Å². The first kappa shape index (κ1) is 12.5. The molecule has 1 N–H and O–H groups in total. The molecule has 1 aliphatic heterocycles. The fourth-order valence-corrected chi connectivity index (χ4v) is 3.03. The molecule has 0 unspecified atom stereocenters. The number of fused-ring (bicyclic) bond motifs is 1. The number of nitrogens with one attached hydrogen (secondary N) is 1. The number of rotatable bonds is 2. The standard InChI is InChI=1S/C11H14N4O3S/c1-19(16,17)15-5-6-18-9(7-15)10-8-3-2-4-12-11(8)14-13-10/h2-4,9H,5-7H2,1H3,(H,12,13,14)/t9-/m1/s1. The Labute approximate surface area is 110 Å². The van der Waals surface area contributed by atoms with Crippen LogP contribution in [0.25, 0.3) is 11.0 Å². The van der Waals surface area contributed by atoms with Gasteiger partial charge in [0.15, 0.2) is 5.65 Å². The number of pyridine rings is 1. The monoisotopic (exact) mass is 282 g/mol. The number of H-pyrrole nitrogens is 1. The SMILES string of the molecule is CS(=O)(=O)N1CCO[C@@H](c2[nH]nc3ncccc23)C1. The number of aromatic nitrogens is 3. The average Bonchev–Trinajstić information content (AvgIpc) is 2.82. The molecule has 19 heavy (non-hydrogen) atoms. The minimum absolute atomic E-state index is 0.297. The lowest BCUT2D eigenvalue weighted by molar-refractivity contribution is -0.00397. The fourth-order valence-electron chi connectivity index (χ4n) is 2.22. The van der Waals surface area contributed by atoms with Crippen LogP contribution in [0.3, 0.4) is 0 Å². The second kappa shape index (κ2) is 4.55. The Morgan fingerprint density at radius 1 is 1.53 bits per heavy atom. The summed E-state index contributed by atoms with van der Waals surface area (Å²) < 4.78 is 30.3. The molecule has 1 fully saturated rings. The van der Waals surface area contributed by atoms with Crippen molar-refractivity contribution < 1.29 is 13.2 Å². The van der Waals surface area contributed by atoms with E-state index in [-0.39, 0.29) is 6.10 Å². The van der Waals surface area contributed by atoms with Gasteiger partial charge in [-0.05, 0) is 12.1 Å². The fraction of sp³-hybridized carbons (Fsp3) is 0.455. The van der Waals surface area contributed by atoms with Gasteiger partial charge in [0.1, 0.15) is 6.10 Å². The highest BCUT2D eigenvalue weighted by molar-refractivity contribution is 7.88. The minimum atomic E-state index is -3.20. The Kier molecular flexibility index (Phi) is 3.00. The summed E-state index contributed by atoms with van der Waals surface area (Å²) in [5.41, 5.74) is 1.38. The van der Waals surface area contributed by atoms with E-state index in [0.29, 0.717) is 25.3 Å². The Hall–Kier alpha value is -1.51. The van der Waals surface area contributed by atoms with Crippen LogP contribution in [0.5, 0.6) is 0 Å². The van der Waals surface area contributed by atoms with E-state index >= 15 is 0 Å². The number of sulfonamides is 1. The zero-order valence-electron chi connectivity index (χ0n) is 10.4. The summed E-state index contributed by atoms with van der Waals surface area (Å²) in [6.07, 6.45) is 2.54. The van der Waals surface area contributed by atoms with Crippen molar-refractivity contribution >= 4 is 21.1 Å². The summed E-state index contributed by atoms with van der Waals surface area (Å²) in [5, 5.41) is 7.86. The molecule has 7 nitrogen and oxygen atoms in total. The predicted molar refractivity (Wildman–Crippen MR) is 69.0 cm³/mol. The van der Waals surface area contributed by atoms with E-state index < -0.39 is 10.0 Å². The van der Waals surface area contributed by atoms with Gasteiger partial charge in [-0.25, -0.2) is 13.4 Å². The third-order valence-corrected chi connectivity index (χ3v) is 4.45. The highest BCUT2D eigenvalue weighted by Gasteiger charge is 2.29. The van der Waals surface area contributed by atoms with Crippen LogP contribution in [0, 0.1) is 0 Å². The molecule has 1 saturated heterocycles. The van der Waals surface area contributed by atoms with Crippen LogP contribution in [0.15, 0.2) is 18.3 Å². The molecule has 0 bridgehead atoms. The molecular weight excluding hydrogens is 268 g/mol. The van der Waals surface area contributed by atoms with Crippen molar-refractivity contribution in [2.24, 2.45) is 0 Å². The second-order valence-corrected chi connectivity index (χ2v) is 6.47. The lowest BCUT2D eigenvalue weighted by Gasteiger charge is -2.30. The summed E-state index contributed by atoms with van der Waals surface area (Å²) in [6.45, 7) is 1.06. The van der Waals surface area contributed by atoms with Gasteiger partial charge in [0.2, 0.25) is 10.0 Å². The Morgan fingerprint density at radius 3 is 3.16 bits per heavy atom. The smallest absolute Gasteiger partial charge is 0.211 e. The van der Waals surface area contributed by atoms with Crippen molar-refractivity contribution in [2.45, 2.75) is 6.10 Å². The zero-order valence-corrected chi connectivity index (χ0v) is 11.2. The number of hydrogen-bond donors (Lipinski definition) is 1. The number of aromatic amines is 1. The van der Waals surface area contributed by atoms with Crippen LogP contribution in [0.4, 0.5) is 0 Å². The Morgan fingerprint density at radius 2 is 2.37 bits per heavy atom. The number of morpholine rings is 1. The van der Waals surface area contributed by atoms with E-state index in [0.717, 1.165) is 11.1 Å². The van der Waals surface area contributed by atoms with Gasteiger partial charge in [-0.2, -0.15) is 9.40 Å². The van der Waals surface area contributed by atoms with Crippen LogP contribution in [0.2, 0.25) is 0 Å². The second-order valence-electron chi connectivity index (χ2n) is 4.49. The summed E-state index contributed by atoms with van der Waals surface area (Å²) in [5.74, 6) is 0. The average molecular weight is 282 g/mol. The first-order chi connectivity index (χ1) is 9.05. The molecule has 8 heteroatoms. The van der Waals surface area contributed by atoms with Gasteiger partial charge < -0.3 is 4.74 Å². The van der Waals surface area contributed by atoms with E-state index in [1.165, 1.54) is 10.6 Å². The number of ether oxygens (including phenoxy) is 1. The summed E-state index contributed by atoms with van der Waals surface area (Å²) in [7, 11) is -3.20. The van der Waals surface area contributed by atoms with Crippen LogP contribution >= 0.6 is 0 Å². The molecule has 0 spiro atoms. The molecule has 1 aliphatic rings. The molecule has 2 aromatic heterocycles. The molecule has 2 aromatic rings. The van der Waals surface area contributed by atoms with E-state index in [9.17, 15) is 8.42 Å². The molecule has 3 heterocycles. The van der Waals surface area contributed by atoms with Crippen molar-refractivity contribution in [3.63, 3.8) is 0 Å². The zero-order chi connectivity index (χ0) is 13.5. The van der Waals surface area contributed by atoms with E-state index in [4.69, 9.17) is 4.74 Å². The molecule has 0 saturated carbocycles. The van der Waals surface area contributed by atoms with Crippen molar-refractivity contribution in [3.8, 4) is 0 Å². The maximum atomic E-state index is 11.6. The molecular formula is C11H14N4O3S. The van der Waals surface area contributed by atoms with Crippen molar-refractivity contribution in [1.82, 2.24) is 19.5 Å². The summed E-state index contributed by atoms with van der Waals surface area (Å²) >= 11 is 0. The van der Waals surface area contributed by atoms with Crippen molar-refractivity contribution in [1.29, 1.82) is 0 Å². The Balaban J connectivity index is 1.94. The number of nitrogens with zero attached hydrogens (tertiary/aromatic N) is 3. The molecule has 1 atom stereocenters. The topological polar surface area (TPSA) is 88.2 Å². The lowest BCUT2D eigenvalue weighted by atomic mass is 10.1. The first-order valence-corrected chi connectivity index (χ1v) is 7.76. The molecule has 0 aliphatic carbocycles. The van der Waals surface area contributed by atoms with Gasteiger partial charge in [-0.3, -0.25) is 5.10 Å². The van der Waals surface area contributed by atoms with Gasteiger partial charge in [0.05, 0.1) is 18.6 Å². The van der Waals surface area contributed by atoms with Gasteiger partial charge in [0.25, 0.3) is 0 Å². The van der Waals surface area contributed by atoms with E-state index in [1.807, 2.05) is 12.1 Å². The maximum absolute atomic E-state index is 11.6. The quantitative estimate of drug-likeness (QED) is 0.855. The molecule has 0 radical (unpaired) electrons. The van der Waals surface area contributed by atoms with Crippen molar-refractivity contribution in [3.05, 3.63) is 24.0 Å². The van der Waals surface area contributed by atoms with Gasteiger partial charge >= 0.3 is 0 Å². The predicted octanol–water partition coefficient (Wildman–Crippen LogP) is 0.291. The lowest BCUT2D eigenvalue weighted by Crippen LogP contribution is -2.41. The molecule has 102 valence electrons. The third-order valence-electron chi connectivity index (χ3n) is 3.18. The highest BCUT2D eigenvalue weighted by Crippen LogP contribution is 2.26. The van der Waals surface area contributed by atoms with Crippen LogP contribution in [0.1, 0.15) is 11.8 Å². The summed E-state index contributed by atoms with van der Waals surface area (Å²) in [4.78, 5) is 4.13. The molecule has 0 amide bonds.